The van der Waals surface area contributed by atoms with E-state index in [0.717, 1.165) is 17.5 Å². The molecular formula is C13H19BrO. The topological polar surface area (TPSA) is 9.23 Å². The minimum atomic E-state index is 0.692. The standard InChI is InChI=1S/C13H19BrO/c1-10(2)12(9-14)7-11-5-4-6-13(8-11)15-3/h4-6,8,10,12H,7,9H2,1-3H3. The van der Waals surface area contributed by atoms with Crippen LogP contribution in [0.3, 0.4) is 0 Å². The summed E-state index contributed by atoms with van der Waals surface area (Å²) in [5.74, 6) is 2.34. The lowest BCUT2D eigenvalue weighted by atomic mass is 9.91. The van der Waals surface area contributed by atoms with Crippen molar-refractivity contribution in [2.24, 2.45) is 11.8 Å². The molecule has 1 rings (SSSR count). The highest BCUT2D eigenvalue weighted by Gasteiger charge is 2.12. The third-order valence-electron chi connectivity index (χ3n) is 2.77. The summed E-state index contributed by atoms with van der Waals surface area (Å²) in [6, 6.07) is 8.33. The Morgan fingerprint density at radius 2 is 2.07 bits per heavy atom. The predicted molar refractivity (Wildman–Crippen MR) is 68.8 cm³/mol. The Kier molecular flexibility index (Phi) is 5.16. The van der Waals surface area contributed by atoms with Gasteiger partial charge >= 0.3 is 0 Å². The predicted octanol–water partition coefficient (Wildman–Crippen LogP) is 3.90. The summed E-state index contributed by atoms with van der Waals surface area (Å²) in [5, 5.41) is 1.06. The second-order valence-electron chi connectivity index (χ2n) is 4.21. The molecule has 1 aromatic carbocycles. The summed E-state index contributed by atoms with van der Waals surface area (Å²) < 4.78 is 5.22. The Balaban J connectivity index is 2.70. The Morgan fingerprint density at radius 3 is 2.60 bits per heavy atom. The van der Waals surface area contributed by atoms with Gasteiger partial charge < -0.3 is 4.74 Å². The van der Waals surface area contributed by atoms with Crippen LogP contribution >= 0.6 is 15.9 Å². The second kappa shape index (κ2) is 6.16. The fourth-order valence-corrected chi connectivity index (χ4v) is 2.55. The van der Waals surface area contributed by atoms with Crippen LogP contribution in [0.2, 0.25) is 0 Å². The van der Waals surface area contributed by atoms with Gasteiger partial charge in [-0.3, -0.25) is 0 Å². The SMILES string of the molecule is COc1cccc(CC(CBr)C(C)C)c1. The van der Waals surface area contributed by atoms with Crippen molar-refractivity contribution >= 4 is 15.9 Å². The van der Waals surface area contributed by atoms with Gasteiger partial charge in [0.2, 0.25) is 0 Å². The van der Waals surface area contributed by atoms with E-state index < -0.39 is 0 Å². The number of alkyl halides is 1. The molecule has 0 spiro atoms. The molecule has 2 heteroatoms. The third kappa shape index (κ3) is 3.86. The van der Waals surface area contributed by atoms with Crippen molar-refractivity contribution in [3.63, 3.8) is 0 Å². The second-order valence-corrected chi connectivity index (χ2v) is 4.86. The molecule has 0 aliphatic rings. The van der Waals surface area contributed by atoms with Crippen LogP contribution in [0.1, 0.15) is 19.4 Å². The monoisotopic (exact) mass is 270 g/mol. The van der Waals surface area contributed by atoms with E-state index in [4.69, 9.17) is 4.74 Å². The van der Waals surface area contributed by atoms with Gasteiger partial charge in [0, 0.05) is 5.33 Å². The molecule has 1 atom stereocenters. The molecule has 15 heavy (non-hydrogen) atoms. The van der Waals surface area contributed by atoms with Crippen molar-refractivity contribution in [2.45, 2.75) is 20.3 Å². The van der Waals surface area contributed by atoms with Gasteiger partial charge in [0.15, 0.2) is 0 Å². The lowest BCUT2D eigenvalue weighted by molar-refractivity contribution is 0.409. The van der Waals surface area contributed by atoms with Gasteiger partial charge in [-0.05, 0) is 36.0 Å². The zero-order chi connectivity index (χ0) is 11.3. The number of ether oxygens (including phenoxy) is 1. The maximum Gasteiger partial charge on any atom is 0.119 e. The minimum Gasteiger partial charge on any atom is -0.497 e. The molecule has 0 saturated heterocycles. The first kappa shape index (κ1) is 12.6. The molecule has 84 valence electrons. The fourth-order valence-electron chi connectivity index (χ4n) is 1.57. The van der Waals surface area contributed by atoms with Crippen LogP contribution < -0.4 is 4.74 Å². The smallest absolute Gasteiger partial charge is 0.119 e. The van der Waals surface area contributed by atoms with E-state index in [0.29, 0.717) is 11.8 Å². The molecule has 0 amide bonds. The highest BCUT2D eigenvalue weighted by Crippen LogP contribution is 2.21. The van der Waals surface area contributed by atoms with Crippen LogP contribution in [0.15, 0.2) is 24.3 Å². The maximum absolute atomic E-state index is 5.22. The van der Waals surface area contributed by atoms with Crippen molar-refractivity contribution in [1.29, 1.82) is 0 Å². The summed E-state index contributed by atoms with van der Waals surface area (Å²) in [5.41, 5.74) is 1.35. The molecule has 0 aliphatic carbocycles. The Bertz CT molecular complexity index is 296. The van der Waals surface area contributed by atoms with Gasteiger partial charge in [0.1, 0.15) is 5.75 Å². The van der Waals surface area contributed by atoms with E-state index in [1.165, 1.54) is 5.56 Å². The fraction of sp³-hybridized carbons (Fsp3) is 0.538. The molecule has 0 bridgehead atoms. The summed E-state index contributed by atoms with van der Waals surface area (Å²) in [7, 11) is 1.71. The lowest BCUT2D eigenvalue weighted by Crippen LogP contribution is -2.13. The van der Waals surface area contributed by atoms with Gasteiger partial charge in [-0.1, -0.05) is 41.9 Å². The number of hydrogen-bond acceptors (Lipinski definition) is 1. The maximum atomic E-state index is 5.22. The van der Waals surface area contributed by atoms with Crippen molar-refractivity contribution in [1.82, 2.24) is 0 Å². The zero-order valence-electron chi connectivity index (χ0n) is 9.66. The normalized spacial score (nSPS) is 12.9. The van der Waals surface area contributed by atoms with Crippen LogP contribution in [-0.4, -0.2) is 12.4 Å². The van der Waals surface area contributed by atoms with E-state index in [1.54, 1.807) is 7.11 Å². The molecule has 0 aliphatic heterocycles. The molecule has 0 fully saturated rings. The Morgan fingerprint density at radius 1 is 1.33 bits per heavy atom. The molecule has 0 N–H and O–H groups in total. The highest BCUT2D eigenvalue weighted by molar-refractivity contribution is 9.09. The number of benzene rings is 1. The van der Waals surface area contributed by atoms with E-state index in [9.17, 15) is 0 Å². The zero-order valence-corrected chi connectivity index (χ0v) is 11.3. The molecule has 0 aromatic heterocycles. The van der Waals surface area contributed by atoms with Crippen LogP contribution in [0.5, 0.6) is 5.75 Å². The van der Waals surface area contributed by atoms with Crippen LogP contribution in [0, 0.1) is 11.8 Å². The van der Waals surface area contributed by atoms with E-state index in [1.807, 2.05) is 6.07 Å². The summed E-state index contributed by atoms with van der Waals surface area (Å²) in [6.07, 6.45) is 1.11. The van der Waals surface area contributed by atoms with E-state index in [2.05, 4.69) is 48.0 Å². The number of methoxy groups -OCH3 is 1. The molecule has 1 aromatic rings. The lowest BCUT2D eigenvalue weighted by Gasteiger charge is -2.18. The van der Waals surface area contributed by atoms with Gasteiger partial charge in [-0.25, -0.2) is 0 Å². The average Bonchev–Trinajstić information content (AvgIpc) is 2.25. The van der Waals surface area contributed by atoms with Gasteiger partial charge in [-0.2, -0.15) is 0 Å². The average molecular weight is 271 g/mol. The number of halogens is 1. The largest absolute Gasteiger partial charge is 0.497 e. The first-order chi connectivity index (χ1) is 7.17. The van der Waals surface area contributed by atoms with Crippen molar-refractivity contribution in [2.75, 3.05) is 12.4 Å². The van der Waals surface area contributed by atoms with Crippen LogP contribution in [0.4, 0.5) is 0 Å². The van der Waals surface area contributed by atoms with Gasteiger partial charge in [0.25, 0.3) is 0 Å². The highest BCUT2D eigenvalue weighted by atomic mass is 79.9. The van der Waals surface area contributed by atoms with Crippen LogP contribution in [0.25, 0.3) is 0 Å². The molecule has 1 unspecified atom stereocenters. The van der Waals surface area contributed by atoms with Gasteiger partial charge in [-0.15, -0.1) is 0 Å². The van der Waals surface area contributed by atoms with Gasteiger partial charge in [0.05, 0.1) is 7.11 Å². The Hall–Kier alpha value is -0.500. The number of rotatable bonds is 5. The van der Waals surface area contributed by atoms with Crippen molar-refractivity contribution in [3.8, 4) is 5.75 Å². The molecule has 0 saturated carbocycles. The van der Waals surface area contributed by atoms with Crippen LogP contribution in [-0.2, 0) is 6.42 Å². The summed E-state index contributed by atoms with van der Waals surface area (Å²) in [4.78, 5) is 0. The Labute approximate surface area is 101 Å². The molecule has 0 heterocycles. The summed E-state index contributed by atoms with van der Waals surface area (Å²) >= 11 is 3.58. The quantitative estimate of drug-likeness (QED) is 0.738. The first-order valence-corrected chi connectivity index (χ1v) is 6.48. The minimum absolute atomic E-state index is 0.692. The number of hydrogen-bond donors (Lipinski definition) is 0. The third-order valence-corrected chi connectivity index (χ3v) is 3.60. The molecular weight excluding hydrogens is 252 g/mol. The van der Waals surface area contributed by atoms with E-state index in [-0.39, 0.29) is 0 Å². The summed E-state index contributed by atoms with van der Waals surface area (Å²) in [6.45, 7) is 4.54. The van der Waals surface area contributed by atoms with Crippen molar-refractivity contribution < 1.29 is 4.74 Å². The molecule has 0 radical (unpaired) electrons. The molecule has 1 nitrogen and oxygen atoms in total. The van der Waals surface area contributed by atoms with E-state index >= 15 is 0 Å². The first-order valence-electron chi connectivity index (χ1n) is 5.36. The van der Waals surface area contributed by atoms with Crippen molar-refractivity contribution in [3.05, 3.63) is 29.8 Å².